The molecular formula is C53H69NO4. The van der Waals surface area contributed by atoms with Crippen molar-refractivity contribution in [3.8, 4) is 5.75 Å². The molecule has 58 heavy (non-hydrogen) atoms. The molecule has 4 aliphatic carbocycles. The molecule has 0 saturated heterocycles. The van der Waals surface area contributed by atoms with Gasteiger partial charge in [-0.05, 0) is 147 Å². The summed E-state index contributed by atoms with van der Waals surface area (Å²) in [6, 6.07) is 23.4. The number of aryl methyl sites for hydroxylation is 1. The van der Waals surface area contributed by atoms with Gasteiger partial charge in [0.15, 0.2) is 0 Å². The molecule has 1 fully saturated rings. The molecule has 3 aromatic carbocycles. The number of fused-ring (bicyclic) bond motifs is 5. The smallest absolute Gasteiger partial charge is 0.307 e. The molecule has 7 atom stereocenters. The average Bonchev–Trinajstić information content (AvgIpc) is 3.68. The van der Waals surface area contributed by atoms with E-state index in [1.54, 1.807) is 5.57 Å². The summed E-state index contributed by atoms with van der Waals surface area (Å²) in [7, 11) is 0. The number of phenolic OH excluding ortho intramolecular Hbond substituents is 1. The maximum atomic E-state index is 13.5. The topological polar surface area (TPSA) is 104 Å². The second kappa shape index (κ2) is 19.8. The van der Waals surface area contributed by atoms with Crippen LogP contribution in [0, 0.1) is 29.6 Å². The number of rotatable bonds is 15. The molecule has 0 aliphatic heterocycles. The average molecular weight is 784 g/mol. The number of benzene rings is 3. The number of aliphatic hydroxyl groups excluding tert-OH is 1. The van der Waals surface area contributed by atoms with Crippen molar-refractivity contribution in [3.63, 3.8) is 0 Å². The quantitative estimate of drug-likeness (QED) is 0.0908. The maximum Gasteiger partial charge on any atom is 0.307 e. The second-order valence-electron chi connectivity index (χ2n) is 18.4. The molecule has 4 aliphatic rings. The summed E-state index contributed by atoms with van der Waals surface area (Å²) in [6.45, 7) is 2.98. The van der Waals surface area contributed by atoms with Crippen molar-refractivity contribution in [2.45, 2.75) is 140 Å². The van der Waals surface area contributed by atoms with Crippen LogP contribution in [0.5, 0.6) is 5.75 Å². The minimum Gasteiger partial charge on any atom is -0.511 e. The Morgan fingerprint density at radius 1 is 0.828 bits per heavy atom. The summed E-state index contributed by atoms with van der Waals surface area (Å²) in [5.41, 5.74) is 11.5. The Labute approximate surface area is 347 Å². The van der Waals surface area contributed by atoms with E-state index in [4.69, 9.17) is 5.73 Å². The minimum absolute atomic E-state index is 0.116. The molecule has 3 aromatic rings. The van der Waals surface area contributed by atoms with Crippen molar-refractivity contribution in [1.82, 2.24) is 0 Å². The summed E-state index contributed by atoms with van der Waals surface area (Å²) >= 11 is 0. The number of allylic oxidation sites excluding steroid dienone is 3. The molecule has 0 aromatic heterocycles. The molecule has 0 amide bonds. The molecule has 5 heteroatoms. The lowest BCUT2D eigenvalue weighted by atomic mass is 9.55. The Balaban J connectivity index is 1.17. The van der Waals surface area contributed by atoms with Crippen molar-refractivity contribution in [2.24, 2.45) is 35.3 Å². The van der Waals surface area contributed by atoms with Gasteiger partial charge >= 0.3 is 5.97 Å². The predicted octanol–water partition coefficient (Wildman–Crippen LogP) is 11.0. The molecule has 0 radical (unpaired) electrons. The number of aromatic hydroxyl groups is 1. The predicted molar refractivity (Wildman–Crippen MR) is 238 cm³/mol. The van der Waals surface area contributed by atoms with Gasteiger partial charge < -0.3 is 21.1 Å². The fourth-order valence-corrected chi connectivity index (χ4v) is 11.5. The number of carboxylic acid groups (broad SMARTS) is 1. The number of phenols is 1. The largest absolute Gasteiger partial charge is 0.511 e. The first kappa shape index (κ1) is 42.0. The summed E-state index contributed by atoms with van der Waals surface area (Å²) in [5, 5.41) is 35.8. The number of nitrogens with two attached hydrogens (primary N) is 1. The number of unbranched alkanes of at least 4 members (excludes halogenated alkanes) is 5. The highest BCUT2D eigenvalue weighted by molar-refractivity contribution is 5.73. The lowest BCUT2D eigenvalue weighted by Gasteiger charge is -2.48. The number of hydrogen-bond donors (Lipinski definition) is 4. The molecule has 310 valence electrons. The highest BCUT2D eigenvalue weighted by atomic mass is 16.4. The third-order valence-corrected chi connectivity index (χ3v) is 14.7. The van der Waals surface area contributed by atoms with Crippen LogP contribution < -0.4 is 16.2 Å². The van der Waals surface area contributed by atoms with Gasteiger partial charge in [0.2, 0.25) is 0 Å². The third-order valence-electron chi connectivity index (χ3n) is 14.7. The Morgan fingerprint density at radius 3 is 2.48 bits per heavy atom. The van der Waals surface area contributed by atoms with Gasteiger partial charge in [0.1, 0.15) is 11.5 Å². The van der Waals surface area contributed by atoms with Crippen LogP contribution in [0.3, 0.4) is 0 Å². The standard InChI is InChI=1S/C53H69NO4/c1-2-3-6-19-44-35-42(25-26-50(44)55)47-33-39-15-13-20-45(32-39)53(29-27-43-34-41-18-9-11-21-46(41)51(56)48(43)36-53)49(52(57)58)22-12-10-17-40(47)16-8-5-4-7-14-37-23-24-38(31-37)28-30-54/h9-13,15,18,20-21,25-26,31-32,34-35,37,40,43,47-49,55-56H,2-8,14,16-17,19,22-24,27-30,33,36,54H2,1H3,(H,57,58). The van der Waals surface area contributed by atoms with Gasteiger partial charge in [-0.15, -0.1) is 0 Å². The van der Waals surface area contributed by atoms with Crippen molar-refractivity contribution >= 4 is 17.8 Å². The van der Waals surface area contributed by atoms with Gasteiger partial charge in [0.25, 0.3) is 0 Å². The number of hydrogen-bond acceptors (Lipinski definition) is 4. The van der Waals surface area contributed by atoms with Crippen molar-refractivity contribution in [3.05, 3.63) is 123 Å². The molecule has 7 unspecified atom stereocenters. The van der Waals surface area contributed by atoms with Crippen LogP contribution in [0.1, 0.15) is 144 Å². The first-order chi connectivity index (χ1) is 28.3. The summed E-state index contributed by atoms with van der Waals surface area (Å²) < 4.78 is 0. The van der Waals surface area contributed by atoms with E-state index in [2.05, 4.69) is 73.7 Å². The molecule has 5 N–H and O–H groups in total. The molecule has 2 bridgehead atoms. The fourth-order valence-electron chi connectivity index (χ4n) is 11.5. The monoisotopic (exact) mass is 784 g/mol. The van der Waals surface area contributed by atoms with E-state index in [9.17, 15) is 20.1 Å². The summed E-state index contributed by atoms with van der Waals surface area (Å²) in [6.07, 6.45) is 28.9. The minimum atomic E-state index is -0.747. The van der Waals surface area contributed by atoms with E-state index >= 15 is 0 Å². The Hall–Kier alpha value is -4.09. The van der Waals surface area contributed by atoms with E-state index < -0.39 is 17.3 Å². The normalized spacial score (nSPS) is 26.9. The lowest BCUT2D eigenvalue weighted by molar-refractivity contribution is -0.145. The van der Waals surface area contributed by atoms with Crippen molar-refractivity contribution in [2.75, 3.05) is 6.54 Å². The van der Waals surface area contributed by atoms with E-state index in [-0.39, 0.29) is 17.8 Å². The van der Waals surface area contributed by atoms with Gasteiger partial charge in [-0.2, -0.15) is 0 Å². The van der Waals surface area contributed by atoms with E-state index in [1.165, 1.54) is 56.1 Å². The Bertz CT molecular complexity index is 2050. The van der Waals surface area contributed by atoms with Crippen LogP contribution in [-0.2, 0) is 23.1 Å². The van der Waals surface area contributed by atoms with Crippen LogP contribution in [-0.4, -0.2) is 27.8 Å². The molecule has 7 rings (SSSR count). The molecular weight excluding hydrogens is 715 g/mol. The van der Waals surface area contributed by atoms with Crippen LogP contribution in [0.25, 0.3) is 11.8 Å². The van der Waals surface area contributed by atoms with E-state index in [0.717, 1.165) is 98.2 Å². The SMILES string of the molecule is CCCCCc1cc(C2Cc3cccc(c3)C3(CCC4C=c5ccccc5=C(O)C4C3)C(C(=O)O)CC=CCC2CCCCCCC2C=C(CCN)CC2)ccc1O. The van der Waals surface area contributed by atoms with Crippen LogP contribution in [0.15, 0.2) is 90.5 Å². The zero-order valence-electron chi connectivity index (χ0n) is 35.1. The number of carbonyl (C=O) groups is 1. The van der Waals surface area contributed by atoms with Gasteiger partial charge in [-0.25, -0.2) is 0 Å². The molecule has 0 heterocycles. The van der Waals surface area contributed by atoms with Gasteiger partial charge in [-0.3, -0.25) is 4.79 Å². The van der Waals surface area contributed by atoms with Crippen LogP contribution >= 0.6 is 0 Å². The lowest BCUT2D eigenvalue weighted by Crippen LogP contribution is -2.48. The number of carboxylic acids is 1. The second-order valence-corrected chi connectivity index (χ2v) is 18.4. The third kappa shape index (κ3) is 9.68. The molecule has 1 saturated carbocycles. The maximum absolute atomic E-state index is 13.5. The summed E-state index contributed by atoms with van der Waals surface area (Å²) in [4.78, 5) is 13.5. The zero-order chi connectivity index (χ0) is 40.5. The molecule has 1 spiro atoms. The van der Waals surface area contributed by atoms with E-state index in [0.29, 0.717) is 30.3 Å². The Kier molecular flexibility index (Phi) is 14.3. The first-order valence-electron chi connectivity index (χ1n) is 23.0. The van der Waals surface area contributed by atoms with Gasteiger partial charge in [0, 0.05) is 16.6 Å². The van der Waals surface area contributed by atoms with Gasteiger partial charge in [-0.1, -0.05) is 136 Å². The zero-order valence-corrected chi connectivity index (χ0v) is 35.1. The Morgan fingerprint density at radius 2 is 1.66 bits per heavy atom. The first-order valence-corrected chi connectivity index (χ1v) is 23.0. The van der Waals surface area contributed by atoms with Crippen LogP contribution in [0.2, 0.25) is 0 Å². The van der Waals surface area contributed by atoms with Crippen molar-refractivity contribution in [1.29, 1.82) is 0 Å². The highest BCUT2D eigenvalue weighted by Crippen LogP contribution is 2.53. The van der Waals surface area contributed by atoms with E-state index in [1.807, 2.05) is 24.3 Å². The summed E-state index contributed by atoms with van der Waals surface area (Å²) in [5.74, 6) is 0.929. The molecule has 5 nitrogen and oxygen atoms in total. The number of aliphatic hydroxyl groups is 1. The van der Waals surface area contributed by atoms with Crippen molar-refractivity contribution < 1.29 is 20.1 Å². The number of aliphatic carboxylic acids is 1. The highest BCUT2D eigenvalue weighted by Gasteiger charge is 2.50. The van der Waals surface area contributed by atoms with Crippen LogP contribution in [0.4, 0.5) is 0 Å². The van der Waals surface area contributed by atoms with Gasteiger partial charge in [0.05, 0.1) is 5.92 Å². The fraction of sp³-hybridized carbons (Fsp3) is 0.528.